The van der Waals surface area contributed by atoms with E-state index in [4.69, 9.17) is 10.7 Å². The van der Waals surface area contributed by atoms with Crippen molar-refractivity contribution in [2.45, 2.75) is 18.3 Å². The molecular weight excluding hydrogens is 232 g/mol. The van der Waals surface area contributed by atoms with Gasteiger partial charge in [-0.2, -0.15) is 0 Å². The molecule has 2 N–H and O–H groups in total. The molecule has 0 spiro atoms. The highest BCUT2D eigenvalue weighted by Gasteiger charge is 2.46. The maximum atomic E-state index is 5.09. The van der Waals surface area contributed by atoms with Crippen molar-refractivity contribution in [3.05, 3.63) is 28.5 Å². The van der Waals surface area contributed by atoms with Crippen LogP contribution in [0.4, 0.5) is 0 Å². The topological polar surface area (TPSA) is 48.1 Å². The molecule has 1 aliphatic carbocycles. The summed E-state index contributed by atoms with van der Waals surface area (Å²) in [6, 6.07) is 5.93. The Hall–Kier alpha value is -0.450. The molecule has 0 bridgehead atoms. The highest BCUT2D eigenvalue weighted by atomic mass is 79.9. The van der Waals surface area contributed by atoms with E-state index in [1.807, 2.05) is 18.2 Å². The van der Waals surface area contributed by atoms with Crippen LogP contribution in [0.5, 0.6) is 0 Å². The highest BCUT2D eigenvalue weighted by Crippen LogP contribution is 2.47. The van der Waals surface area contributed by atoms with Crippen molar-refractivity contribution in [2.75, 3.05) is 6.61 Å². The Bertz CT molecular complexity index is 312. The van der Waals surface area contributed by atoms with Gasteiger partial charge in [-0.1, -0.05) is 6.07 Å². The molecule has 1 aromatic heterocycles. The number of hydrogen-bond donors (Lipinski definition) is 1. The lowest BCUT2D eigenvalue weighted by Crippen LogP contribution is -2.19. The van der Waals surface area contributed by atoms with Gasteiger partial charge in [0.15, 0.2) is 0 Å². The van der Waals surface area contributed by atoms with Gasteiger partial charge in [0, 0.05) is 5.41 Å². The standard InChI is InChI=1S/C9H11BrN2O/c10-8-3-1-2-7(12-8)9(4-5-9)6-13-11/h1-3H,4-6,11H2. The molecule has 70 valence electrons. The van der Waals surface area contributed by atoms with Crippen LogP contribution >= 0.6 is 15.9 Å². The van der Waals surface area contributed by atoms with E-state index in [2.05, 4.69) is 20.9 Å². The van der Waals surface area contributed by atoms with Crippen molar-refractivity contribution in [1.29, 1.82) is 0 Å². The molecule has 0 unspecified atom stereocenters. The monoisotopic (exact) mass is 242 g/mol. The average molecular weight is 243 g/mol. The van der Waals surface area contributed by atoms with Gasteiger partial charge < -0.3 is 4.84 Å². The van der Waals surface area contributed by atoms with Crippen molar-refractivity contribution < 1.29 is 4.84 Å². The van der Waals surface area contributed by atoms with Crippen molar-refractivity contribution in [3.8, 4) is 0 Å². The van der Waals surface area contributed by atoms with Crippen molar-refractivity contribution in [3.63, 3.8) is 0 Å². The Morgan fingerprint density at radius 3 is 2.85 bits per heavy atom. The lowest BCUT2D eigenvalue weighted by atomic mass is 10.0. The zero-order valence-corrected chi connectivity index (χ0v) is 8.75. The van der Waals surface area contributed by atoms with Gasteiger partial charge >= 0.3 is 0 Å². The normalized spacial score (nSPS) is 18.6. The van der Waals surface area contributed by atoms with Gasteiger partial charge in [-0.3, -0.25) is 0 Å². The van der Waals surface area contributed by atoms with Gasteiger partial charge in [0.1, 0.15) is 4.60 Å². The highest BCUT2D eigenvalue weighted by molar-refractivity contribution is 9.10. The van der Waals surface area contributed by atoms with Crippen LogP contribution in [-0.2, 0) is 10.3 Å². The van der Waals surface area contributed by atoms with Crippen LogP contribution < -0.4 is 5.90 Å². The third-order valence-electron chi connectivity index (χ3n) is 2.47. The van der Waals surface area contributed by atoms with E-state index in [0.717, 1.165) is 23.1 Å². The number of aromatic nitrogens is 1. The van der Waals surface area contributed by atoms with E-state index < -0.39 is 0 Å². The predicted octanol–water partition coefficient (Wildman–Crippen LogP) is 1.77. The van der Waals surface area contributed by atoms with Gasteiger partial charge in [0.25, 0.3) is 0 Å². The number of rotatable bonds is 3. The summed E-state index contributed by atoms with van der Waals surface area (Å²) in [6.07, 6.45) is 2.24. The Morgan fingerprint density at radius 2 is 2.31 bits per heavy atom. The van der Waals surface area contributed by atoms with Crippen LogP contribution in [0.3, 0.4) is 0 Å². The number of hydrogen-bond acceptors (Lipinski definition) is 3. The fraction of sp³-hybridized carbons (Fsp3) is 0.444. The van der Waals surface area contributed by atoms with E-state index in [1.165, 1.54) is 0 Å². The average Bonchev–Trinajstić information content (AvgIpc) is 2.86. The van der Waals surface area contributed by atoms with Gasteiger partial charge in [-0.05, 0) is 40.9 Å². The number of nitrogens with two attached hydrogens (primary N) is 1. The molecular formula is C9H11BrN2O. The minimum absolute atomic E-state index is 0.0958. The Balaban J connectivity index is 2.25. The van der Waals surface area contributed by atoms with Crippen molar-refractivity contribution in [2.24, 2.45) is 5.90 Å². The van der Waals surface area contributed by atoms with Crippen LogP contribution in [0, 0.1) is 0 Å². The van der Waals surface area contributed by atoms with Crippen LogP contribution in [0.25, 0.3) is 0 Å². The molecule has 0 saturated heterocycles. The fourth-order valence-electron chi connectivity index (χ4n) is 1.49. The molecule has 1 aromatic rings. The van der Waals surface area contributed by atoms with E-state index >= 15 is 0 Å². The summed E-state index contributed by atoms with van der Waals surface area (Å²) in [4.78, 5) is 9.12. The van der Waals surface area contributed by atoms with E-state index in [0.29, 0.717) is 6.61 Å². The Kier molecular flexibility index (Phi) is 2.36. The summed E-state index contributed by atoms with van der Waals surface area (Å²) in [7, 11) is 0. The molecule has 0 atom stereocenters. The molecule has 0 aromatic carbocycles. The van der Waals surface area contributed by atoms with E-state index in [9.17, 15) is 0 Å². The molecule has 1 aliphatic rings. The van der Waals surface area contributed by atoms with Crippen molar-refractivity contribution >= 4 is 15.9 Å². The first-order valence-corrected chi connectivity index (χ1v) is 5.01. The van der Waals surface area contributed by atoms with Gasteiger partial charge in [-0.15, -0.1) is 0 Å². The molecule has 3 nitrogen and oxygen atoms in total. The van der Waals surface area contributed by atoms with Crippen LogP contribution in [0.1, 0.15) is 18.5 Å². The first-order chi connectivity index (χ1) is 6.27. The molecule has 1 heterocycles. The maximum Gasteiger partial charge on any atom is 0.106 e. The number of halogens is 1. The van der Waals surface area contributed by atoms with Crippen LogP contribution in [0.2, 0.25) is 0 Å². The zero-order valence-electron chi connectivity index (χ0n) is 7.16. The van der Waals surface area contributed by atoms with E-state index in [1.54, 1.807) is 0 Å². The fourth-order valence-corrected chi connectivity index (χ4v) is 1.83. The maximum absolute atomic E-state index is 5.09. The quantitative estimate of drug-likeness (QED) is 0.650. The summed E-state index contributed by atoms with van der Waals surface area (Å²) < 4.78 is 0.869. The minimum atomic E-state index is 0.0958. The predicted molar refractivity (Wildman–Crippen MR) is 53.0 cm³/mol. The largest absolute Gasteiger partial charge is 0.304 e. The summed E-state index contributed by atoms with van der Waals surface area (Å²) in [6.45, 7) is 0.566. The van der Waals surface area contributed by atoms with Gasteiger partial charge in [0.05, 0.1) is 12.3 Å². The summed E-state index contributed by atoms with van der Waals surface area (Å²) >= 11 is 3.35. The second-order valence-corrected chi connectivity index (χ2v) is 4.25. The molecule has 0 amide bonds. The molecule has 1 saturated carbocycles. The minimum Gasteiger partial charge on any atom is -0.304 e. The van der Waals surface area contributed by atoms with E-state index in [-0.39, 0.29) is 5.41 Å². The molecule has 13 heavy (non-hydrogen) atoms. The third-order valence-corrected chi connectivity index (χ3v) is 2.91. The lowest BCUT2D eigenvalue weighted by Gasteiger charge is -2.12. The van der Waals surface area contributed by atoms with Gasteiger partial charge in [-0.25, -0.2) is 10.9 Å². The Labute approximate surface area is 85.4 Å². The summed E-state index contributed by atoms with van der Waals surface area (Å²) in [5.74, 6) is 5.09. The zero-order chi connectivity index (χ0) is 9.31. The lowest BCUT2D eigenvalue weighted by molar-refractivity contribution is 0.115. The molecule has 0 radical (unpaired) electrons. The van der Waals surface area contributed by atoms with Crippen LogP contribution in [0.15, 0.2) is 22.8 Å². The number of nitrogens with zero attached hydrogens (tertiary/aromatic N) is 1. The third kappa shape index (κ3) is 1.75. The second-order valence-electron chi connectivity index (χ2n) is 3.44. The van der Waals surface area contributed by atoms with Gasteiger partial charge in [0.2, 0.25) is 0 Å². The van der Waals surface area contributed by atoms with Crippen LogP contribution in [-0.4, -0.2) is 11.6 Å². The first-order valence-electron chi connectivity index (χ1n) is 4.22. The molecule has 1 fully saturated rings. The molecule has 0 aliphatic heterocycles. The summed E-state index contributed by atoms with van der Waals surface area (Å²) in [5, 5.41) is 0. The SMILES string of the molecule is NOCC1(c2cccc(Br)n2)CC1. The molecule has 2 rings (SSSR count). The second kappa shape index (κ2) is 3.36. The molecule has 4 heteroatoms. The van der Waals surface area contributed by atoms with Crippen molar-refractivity contribution in [1.82, 2.24) is 4.98 Å². The summed E-state index contributed by atoms with van der Waals surface area (Å²) in [5.41, 5.74) is 1.17. The first kappa shape index (κ1) is 9.12. The number of pyridine rings is 1. The smallest absolute Gasteiger partial charge is 0.106 e. The Morgan fingerprint density at radius 1 is 1.54 bits per heavy atom.